The summed E-state index contributed by atoms with van der Waals surface area (Å²) < 4.78 is 5.51. The summed E-state index contributed by atoms with van der Waals surface area (Å²) in [6.07, 6.45) is 0.356. The van der Waals surface area contributed by atoms with Crippen LogP contribution in [0.3, 0.4) is 0 Å². The molecular weight excluding hydrogens is 250 g/mol. The molecule has 1 N–H and O–H groups in total. The van der Waals surface area contributed by atoms with Crippen LogP contribution in [-0.4, -0.2) is 16.2 Å². The molecule has 100 valence electrons. The van der Waals surface area contributed by atoms with E-state index in [4.69, 9.17) is 4.42 Å². The number of oxazole rings is 1. The SMILES string of the molecule is Cc1nc2cc([C@H]3c4ccccc4C[C@@H]3O)ccc2o1. The molecule has 0 saturated carbocycles. The molecular formula is C17H15NO2. The minimum absolute atomic E-state index is 0.0348. The van der Waals surface area contributed by atoms with Crippen molar-refractivity contribution in [2.75, 3.05) is 0 Å². The standard InChI is InChI=1S/C17H15NO2/c1-10-18-14-8-12(6-7-16(14)20-10)17-13-5-3-2-4-11(13)9-15(17)19/h2-8,15,17,19H,9H2,1H3/t15-,17-/m0/s1. The molecule has 1 aliphatic carbocycles. The molecule has 0 amide bonds. The van der Waals surface area contributed by atoms with Crippen LogP contribution in [0.5, 0.6) is 0 Å². The molecule has 3 nitrogen and oxygen atoms in total. The number of aliphatic hydroxyl groups excluding tert-OH is 1. The molecule has 20 heavy (non-hydrogen) atoms. The minimum Gasteiger partial charge on any atom is -0.441 e. The first kappa shape index (κ1) is 11.7. The van der Waals surface area contributed by atoms with Gasteiger partial charge in [0.2, 0.25) is 0 Å². The maximum atomic E-state index is 10.4. The summed E-state index contributed by atoms with van der Waals surface area (Å²) in [6, 6.07) is 14.3. The molecule has 0 saturated heterocycles. The zero-order valence-electron chi connectivity index (χ0n) is 11.2. The maximum absolute atomic E-state index is 10.4. The Morgan fingerprint density at radius 3 is 2.95 bits per heavy atom. The van der Waals surface area contributed by atoms with E-state index in [-0.39, 0.29) is 12.0 Å². The molecule has 1 aromatic heterocycles. The van der Waals surface area contributed by atoms with Gasteiger partial charge in [-0.1, -0.05) is 30.3 Å². The fourth-order valence-corrected chi connectivity index (χ4v) is 3.23. The number of nitrogens with zero attached hydrogens (tertiary/aromatic N) is 1. The lowest BCUT2D eigenvalue weighted by Crippen LogP contribution is -2.14. The smallest absolute Gasteiger partial charge is 0.192 e. The van der Waals surface area contributed by atoms with E-state index in [1.54, 1.807) is 0 Å². The molecule has 1 aliphatic rings. The highest BCUT2D eigenvalue weighted by Crippen LogP contribution is 2.39. The Kier molecular flexibility index (Phi) is 2.44. The van der Waals surface area contributed by atoms with E-state index in [9.17, 15) is 5.11 Å². The number of aromatic nitrogens is 1. The second-order valence-electron chi connectivity index (χ2n) is 5.41. The summed E-state index contributed by atoms with van der Waals surface area (Å²) in [5, 5.41) is 10.4. The Morgan fingerprint density at radius 2 is 2.05 bits per heavy atom. The lowest BCUT2D eigenvalue weighted by atomic mass is 9.91. The van der Waals surface area contributed by atoms with Gasteiger partial charge in [0.1, 0.15) is 5.52 Å². The van der Waals surface area contributed by atoms with Crippen LogP contribution in [0.1, 0.15) is 28.5 Å². The van der Waals surface area contributed by atoms with E-state index in [0.717, 1.165) is 23.1 Å². The molecule has 0 bridgehead atoms. The monoisotopic (exact) mass is 265 g/mol. The number of aryl methyl sites for hydroxylation is 1. The van der Waals surface area contributed by atoms with Crippen LogP contribution >= 0.6 is 0 Å². The highest BCUT2D eigenvalue weighted by atomic mass is 16.3. The Labute approximate surface area is 116 Å². The maximum Gasteiger partial charge on any atom is 0.192 e. The fourth-order valence-electron chi connectivity index (χ4n) is 3.23. The van der Waals surface area contributed by atoms with Gasteiger partial charge in [0.05, 0.1) is 6.10 Å². The average Bonchev–Trinajstić information content (AvgIpc) is 2.95. The van der Waals surface area contributed by atoms with Crippen molar-refractivity contribution in [3.8, 4) is 0 Å². The van der Waals surface area contributed by atoms with E-state index in [1.165, 1.54) is 11.1 Å². The van der Waals surface area contributed by atoms with Crippen LogP contribution < -0.4 is 0 Å². The van der Waals surface area contributed by atoms with Crippen molar-refractivity contribution in [2.45, 2.75) is 25.4 Å². The lowest BCUT2D eigenvalue weighted by Gasteiger charge is -2.16. The Bertz CT molecular complexity index is 791. The molecule has 0 unspecified atom stereocenters. The van der Waals surface area contributed by atoms with Gasteiger partial charge >= 0.3 is 0 Å². The van der Waals surface area contributed by atoms with Gasteiger partial charge in [0, 0.05) is 12.8 Å². The fraction of sp³-hybridized carbons (Fsp3) is 0.235. The number of rotatable bonds is 1. The van der Waals surface area contributed by atoms with Gasteiger partial charge in [-0.3, -0.25) is 0 Å². The van der Waals surface area contributed by atoms with Gasteiger partial charge < -0.3 is 9.52 Å². The van der Waals surface area contributed by atoms with E-state index in [1.807, 2.05) is 37.3 Å². The van der Waals surface area contributed by atoms with Gasteiger partial charge in [-0.15, -0.1) is 0 Å². The van der Waals surface area contributed by atoms with Gasteiger partial charge in [-0.25, -0.2) is 4.98 Å². The van der Waals surface area contributed by atoms with Crippen molar-refractivity contribution in [3.05, 3.63) is 65.0 Å². The zero-order valence-corrected chi connectivity index (χ0v) is 11.2. The Balaban J connectivity index is 1.86. The van der Waals surface area contributed by atoms with Crippen LogP contribution in [0.25, 0.3) is 11.1 Å². The minimum atomic E-state index is -0.363. The second-order valence-corrected chi connectivity index (χ2v) is 5.41. The molecule has 2 atom stereocenters. The quantitative estimate of drug-likeness (QED) is 0.735. The number of hydrogen-bond acceptors (Lipinski definition) is 3. The molecule has 3 heteroatoms. The Morgan fingerprint density at radius 1 is 1.20 bits per heavy atom. The summed E-state index contributed by atoms with van der Waals surface area (Å²) in [7, 11) is 0. The van der Waals surface area contributed by atoms with Gasteiger partial charge in [0.25, 0.3) is 0 Å². The number of fused-ring (bicyclic) bond motifs is 2. The molecule has 0 aliphatic heterocycles. The van der Waals surface area contributed by atoms with E-state index in [0.29, 0.717) is 5.89 Å². The molecule has 3 aromatic rings. The van der Waals surface area contributed by atoms with Crippen LogP contribution in [0.2, 0.25) is 0 Å². The number of aliphatic hydroxyl groups is 1. The van der Waals surface area contributed by atoms with Crippen molar-refractivity contribution in [1.82, 2.24) is 4.98 Å². The highest BCUT2D eigenvalue weighted by molar-refractivity contribution is 5.74. The van der Waals surface area contributed by atoms with E-state index in [2.05, 4.69) is 17.1 Å². The summed E-state index contributed by atoms with van der Waals surface area (Å²) in [5.41, 5.74) is 5.22. The Hall–Kier alpha value is -2.13. The predicted molar refractivity (Wildman–Crippen MR) is 76.7 cm³/mol. The third kappa shape index (κ3) is 1.67. The van der Waals surface area contributed by atoms with Gasteiger partial charge in [-0.2, -0.15) is 0 Å². The zero-order chi connectivity index (χ0) is 13.7. The first-order valence-corrected chi connectivity index (χ1v) is 6.85. The van der Waals surface area contributed by atoms with Crippen molar-refractivity contribution in [2.24, 2.45) is 0 Å². The lowest BCUT2D eigenvalue weighted by molar-refractivity contribution is 0.169. The van der Waals surface area contributed by atoms with Crippen LogP contribution in [0.15, 0.2) is 46.9 Å². The van der Waals surface area contributed by atoms with E-state index < -0.39 is 0 Å². The normalized spacial score (nSPS) is 21.3. The average molecular weight is 265 g/mol. The first-order chi connectivity index (χ1) is 9.72. The van der Waals surface area contributed by atoms with Crippen LogP contribution in [0.4, 0.5) is 0 Å². The van der Waals surface area contributed by atoms with Crippen molar-refractivity contribution in [1.29, 1.82) is 0 Å². The van der Waals surface area contributed by atoms with Crippen molar-refractivity contribution >= 4 is 11.1 Å². The number of benzene rings is 2. The molecule has 4 rings (SSSR count). The molecule has 0 radical (unpaired) electrons. The second kappa shape index (κ2) is 4.18. The summed E-state index contributed by atoms with van der Waals surface area (Å²) in [4.78, 5) is 4.38. The van der Waals surface area contributed by atoms with Crippen LogP contribution in [0, 0.1) is 6.92 Å². The third-order valence-electron chi connectivity index (χ3n) is 4.08. The summed E-state index contributed by atoms with van der Waals surface area (Å²) >= 11 is 0. The summed E-state index contributed by atoms with van der Waals surface area (Å²) in [5.74, 6) is 0.706. The van der Waals surface area contributed by atoms with Gasteiger partial charge in [-0.05, 0) is 35.2 Å². The summed E-state index contributed by atoms with van der Waals surface area (Å²) in [6.45, 7) is 1.85. The molecule has 0 fully saturated rings. The topological polar surface area (TPSA) is 46.3 Å². The van der Waals surface area contributed by atoms with Crippen LogP contribution in [-0.2, 0) is 6.42 Å². The highest BCUT2D eigenvalue weighted by Gasteiger charge is 2.32. The van der Waals surface area contributed by atoms with E-state index >= 15 is 0 Å². The molecule has 2 aromatic carbocycles. The third-order valence-corrected chi connectivity index (χ3v) is 4.08. The largest absolute Gasteiger partial charge is 0.441 e. The predicted octanol–water partition coefficient (Wildman–Crippen LogP) is 3.19. The molecule has 0 spiro atoms. The van der Waals surface area contributed by atoms with Crippen molar-refractivity contribution in [3.63, 3.8) is 0 Å². The van der Waals surface area contributed by atoms with Crippen molar-refractivity contribution < 1.29 is 9.52 Å². The molecule has 1 heterocycles. The van der Waals surface area contributed by atoms with Gasteiger partial charge in [0.15, 0.2) is 11.5 Å². The number of hydrogen-bond donors (Lipinski definition) is 1. The first-order valence-electron chi connectivity index (χ1n) is 6.85.